The van der Waals surface area contributed by atoms with Crippen LogP contribution in [0, 0.1) is 0 Å². The first-order valence-corrected chi connectivity index (χ1v) is 10.5. The first-order chi connectivity index (χ1) is 13.1. The monoisotopic (exact) mass is 434 g/mol. The van der Waals surface area contributed by atoms with Gasteiger partial charge in [0.2, 0.25) is 0 Å². The Morgan fingerprint density at radius 2 is 1.79 bits per heavy atom. The van der Waals surface area contributed by atoms with Gasteiger partial charge in [0.15, 0.2) is 0 Å². The Morgan fingerprint density at radius 3 is 2.54 bits per heavy atom. The first kappa shape index (κ1) is 21.1. The lowest BCUT2D eigenvalue weighted by Gasteiger charge is -2.11. The number of aromatic nitrogens is 1. The maximum absolute atomic E-state index is 6.39. The zero-order valence-electron chi connectivity index (χ0n) is 16.0. The average molecular weight is 435 g/mol. The number of thiazole rings is 1. The maximum atomic E-state index is 6.39. The fourth-order valence-electron chi connectivity index (χ4n) is 3.35. The molecule has 6 heteroatoms. The molecule has 4 rings (SSSR count). The molecule has 0 atom stereocenters. The SMILES string of the molecule is CC(C)Oc1ccc(-c2ncc(-c3ccc4c(c3)CCNCC4)s2)cc1Cl.Cl. The smallest absolute Gasteiger partial charge is 0.138 e. The second kappa shape index (κ2) is 9.27. The van der Waals surface area contributed by atoms with E-state index in [9.17, 15) is 0 Å². The van der Waals surface area contributed by atoms with Gasteiger partial charge in [0.25, 0.3) is 0 Å². The van der Waals surface area contributed by atoms with Gasteiger partial charge in [-0.25, -0.2) is 4.98 Å². The summed E-state index contributed by atoms with van der Waals surface area (Å²) in [5.41, 5.74) is 5.17. The fraction of sp³-hybridized carbons (Fsp3) is 0.318. The molecule has 2 aromatic carbocycles. The van der Waals surface area contributed by atoms with Gasteiger partial charge in [-0.05, 0) is 80.7 Å². The molecule has 2 heterocycles. The molecule has 0 fully saturated rings. The van der Waals surface area contributed by atoms with E-state index in [1.165, 1.54) is 21.6 Å². The number of benzene rings is 2. The number of nitrogens with one attached hydrogen (secondary N) is 1. The third-order valence-electron chi connectivity index (χ3n) is 4.68. The Morgan fingerprint density at radius 1 is 1.04 bits per heavy atom. The minimum atomic E-state index is 0. The molecule has 0 aliphatic carbocycles. The molecule has 0 bridgehead atoms. The second-order valence-electron chi connectivity index (χ2n) is 7.07. The van der Waals surface area contributed by atoms with Crippen molar-refractivity contribution in [3.8, 4) is 26.8 Å². The molecule has 28 heavy (non-hydrogen) atoms. The Balaban J connectivity index is 0.00000225. The van der Waals surface area contributed by atoms with Crippen LogP contribution in [0.15, 0.2) is 42.6 Å². The van der Waals surface area contributed by atoms with Gasteiger partial charge >= 0.3 is 0 Å². The number of hydrogen-bond acceptors (Lipinski definition) is 4. The summed E-state index contributed by atoms with van der Waals surface area (Å²) >= 11 is 8.09. The summed E-state index contributed by atoms with van der Waals surface area (Å²) in [5, 5.41) is 5.06. The number of halogens is 2. The molecule has 1 aromatic heterocycles. The minimum Gasteiger partial charge on any atom is -0.489 e. The number of hydrogen-bond donors (Lipinski definition) is 1. The van der Waals surface area contributed by atoms with Crippen LogP contribution in [0.3, 0.4) is 0 Å². The molecule has 0 saturated carbocycles. The fourth-order valence-corrected chi connectivity index (χ4v) is 4.49. The molecule has 3 nitrogen and oxygen atoms in total. The zero-order chi connectivity index (χ0) is 18.8. The van der Waals surface area contributed by atoms with E-state index in [2.05, 4.69) is 28.5 Å². The summed E-state index contributed by atoms with van der Waals surface area (Å²) in [6, 6.07) is 12.7. The van der Waals surface area contributed by atoms with Gasteiger partial charge in [-0.2, -0.15) is 0 Å². The van der Waals surface area contributed by atoms with Gasteiger partial charge in [-0.3, -0.25) is 0 Å². The van der Waals surface area contributed by atoms with Crippen molar-refractivity contribution in [2.75, 3.05) is 13.1 Å². The largest absolute Gasteiger partial charge is 0.489 e. The van der Waals surface area contributed by atoms with Gasteiger partial charge in [-0.15, -0.1) is 23.7 Å². The van der Waals surface area contributed by atoms with Gasteiger partial charge in [0.05, 0.1) is 16.0 Å². The van der Waals surface area contributed by atoms with Crippen molar-refractivity contribution in [3.63, 3.8) is 0 Å². The van der Waals surface area contributed by atoms with Crippen LogP contribution in [0.4, 0.5) is 0 Å². The Hall–Kier alpha value is -1.59. The maximum Gasteiger partial charge on any atom is 0.138 e. The summed E-state index contributed by atoms with van der Waals surface area (Å²) in [4.78, 5) is 5.82. The van der Waals surface area contributed by atoms with E-state index < -0.39 is 0 Å². The summed E-state index contributed by atoms with van der Waals surface area (Å²) in [6.45, 7) is 6.10. The predicted octanol–water partition coefficient (Wildman–Crippen LogP) is 6.03. The highest BCUT2D eigenvalue weighted by Crippen LogP contribution is 2.36. The summed E-state index contributed by atoms with van der Waals surface area (Å²) in [7, 11) is 0. The lowest BCUT2D eigenvalue weighted by atomic mass is 10.00. The number of nitrogens with zero attached hydrogens (tertiary/aromatic N) is 1. The minimum absolute atomic E-state index is 0. The average Bonchev–Trinajstić information content (AvgIpc) is 3.02. The highest BCUT2D eigenvalue weighted by molar-refractivity contribution is 7.18. The second-order valence-corrected chi connectivity index (χ2v) is 8.51. The predicted molar refractivity (Wildman–Crippen MR) is 121 cm³/mol. The molecular weight excluding hydrogens is 411 g/mol. The molecule has 3 aromatic rings. The highest BCUT2D eigenvalue weighted by atomic mass is 35.5. The lowest BCUT2D eigenvalue weighted by Crippen LogP contribution is -2.16. The molecule has 0 saturated heterocycles. The summed E-state index contributed by atoms with van der Waals surface area (Å²) in [6.07, 6.45) is 4.25. The van der Waals surface area contributed by atoms with Crippen molar-refractivity contribution in [3.05, 3.63) is 58.7 Å². The van der Waals surface area contributed by atoms with E-state index in [1.807, 2.05) is 38.2 Å². The molecule has 148 valence electrons. The van der Waals surface area contributed by atoms with Gasteiger partial charge in [-0.1, -0.05) is 23.7 Å². The van der Waals surface area contributed by atoms with Crippen molar-refractivity contribution in [2.24, 2.45) is 0 Å². The Bertz CT molecular complexity index is 955. The third-order valence-corrected chi connectivity index (χ3v) is 6.07. The van der Waals surface area contributed by atoms with Crippen molar-refractivity contribution in [1.82, 2.24) is 10.3 Å². The van der Waals surface area contributed by atoms with Crippen LogP contribution in [-0.4, -0.2) is 24.2 Å². The molecule has 0 radical (unpaired) electrons. The Kier molecular flexibility index (Phi) is 7.00. The molecule has 1 aliphatic heterocycles. The number of fused-ring (bicyclic) bond motifs is 1. The van der Waals surface area contributed by atoms with Gasteiger partial charge in [0, 0.05) is 11.8 Å². The van der Waals surface area contributed by atoms with E-state index in [0.717, 1.165) is 36.5 Å². The number of ether oxygens (including phenoxy) is 1. The van der Waals surface area contributed by atoms with Gasteiger partial charge in [0.1, 0.15) is 10.8 Å². The normalized spacial score (nSPS) is 13.6. The van der Waals surface area contributed by atoms with E-state index >= 15 is 0 Å². The van der Waals surface area contributed by atoms with Crippen LogP contribution in [-0.2, 0) is 12.8 Å². The van der Waals surface area contributed by atoms with E-state index in [4.69, 9.17) is 16.3 Å². The first-order valence-electron chi connectivity index (χ1n) is 9.35. The van der Waals surface area contributed by atoms with Crippen LogP contribution in [0.1, 0.15) is 25.0 Å². The van der Waals surface area contributed by atoms with Crippen molar-refractivity contribution in [1.29, 1.82) is 0 Å². The third kappa shape index (κ3) is 4.69. The molecule has 0 unspecified atom stereocenters. The van der Waals surface area contributed by atoms with Crippen LogP contribution >= 0.6 is 35.3 Å². The zero-order valence-corrected chi connectivity index (χ0v) is 18.4. The quantitative estimate of drug-likeness (QED) is 0.544. The Labute approximate surface area is 181 Å². The van der Waals surface area contributed by atoms with Crippen LogP contribution < -0.4 is 10.1 Å². The molecule has 1 aliphatic rings. The molecular formula is C22H24Cl2N2OS. The standard InChI is InChI=1S/C22H23ClN2OS.ClH/c1-14(2)26-20-6-5-18(12-19(20)23)22-25-13-21(27-22)17-4-3-15-7-9-24-10-8-16(15)11-17;/h3-6,11-14,24H,7-10H2,1-2H3;1H. The van der Waals surface area contributed by atoms with Crippen molar-refractivity contribution < 1.29 is 4.74 Å². The van der Waals surface area contributed by atoms with E-state index in [1.54, 1.807) is 11.3 Å². The van der Waals surface area contributed by atoms with E-state index in [0.29, 0.717) is 10.8 Å². The lowest BCUT2D eigenvalue weighted by molar-refractivity contribution is 0.242. The van der Waals surface area contributed by atoms with E-state index in [-0.39, 0.29) is 18.5 Å². The van der Waals surface area contributed by atoms with Gasteiger partial charge < -0.3 is 10.1 Å². The molecule has 0 spiro atoms. The van der Waals surface area contributed by atoms with Crippen LogP contribution in [0.25, 0.3) is 21.0 Å². The van der Waals surface area contributed by atoms with Crippen molar-refractivity contribution >= 4 is 35.3 Å². The summed E-state index contributed by atoms with van der Waals surface area (Å²) in [5.74, 6) is 0.714. The summed E-state index contributed by atoms with van der Waals surface area (Å²) < 4.78 is 5.72. The molecule has 0 amide bonds. The topological polar surface area (TPSA) is 34.1 Å². The molecule has 1 N–H and O–H groups in total. The number of rotatable bonds is 4. The van der Waals surface area contributed by atoms with Crippen LogP contribution in [0.5, 0.6) is 5.75 Å². The highest BCUT2D eigenvalue weighted by Gasteiger charge is 2.13. The van der Waals surface area contributed by atoms with Crippen molar-refractivity contribution in [2.45, 2.75) is 32.8 Å². The van der Waals surface area contributed by atoms with Crippen LogP contribution in [0.2, 0.25) is 5.02 Å².